The van der Waals surface area contributed by atoms with Crippen molar-refractivity contribution in [1.29, 1.82) is 0 Å². The minimum Gasteiger partial charge on any atom is -0.507 e. The first-order valence-corrected chi connectivity index (χ1v) is 11.2. The Morgan fingerprint density at radius 1 is 1.18 bits per heavy atom. The molecule has 3 aliphatic rings. The van der Waals surface area contributed by atoms with E-state index in [1.165, 1.54) is 6.07 Å². The zero-order chi connectivity index (χ0) is 25.3. The molecule has 3 aliphatic carbocycles. The number of aliphatic hydroxyl groups is 3. The van der Waals surface area contributed by atoms with Crippen LogP contribution in [0.4, 0.5) is 0 Å². The number of nitrogens with two attached hydrogens (primary N) is 1. The maximum Gasteiger partial charge on any atom is 0.230 e. The number of Topliss-reactive ketones (excluding diaryl/α,β-unsaturated/α-hetero) is 2. The summed E-state index contributed by atoms with van der Waals surface area (Å²) in [4.78, 5) is 42.6. The number of likely N-dealkylation sites (N-methyl/N-ethyl adjacent to an activating group) is 1. The molecule has 0 saturated heterocycles. The third-order valence-corrected chi connectivity index (χ3v) is 7.56. The van der Waals surface area contributed by atoms with Crippen LogP contribution in [0.25, 0.3) is 5.76 Å². The van der Waals surface area contributed by atoms with Crippen molar-refractivity contribution in [1.82, 2.24) is 9.80 Å². The monoisotopic (exact) mass is 473 g/mol. The summed E-state index contributed by atoms with van der Waals surface area (Å²) >= 11 is 0. The molecule has 0 spiro atoms. The average Bonchev–Trinajstić information content (AvgIpc) is 2.72. The SMILES string of the molecule is CN(C)Cc1ccc(O)c2c1C[C@@H]1C[C@@H]3C(N(C)C)C(O)C(C(N)=O)C(=O)[C@]3(O)C(=O)C1=C2O. The number of benzene rings is 1. The number of primary amides is 1. The van der Waals surface area contributed by atoms with Crippen LogP contribution in [-0.4, -0.2) is 93.6 Å². The van der Waals surface area contributed by atoms with Crippen LogP contribution in [0.15, 0.2) is 17.7 Å². The van der Waals surface area contributed by atoms with Crippen LogP contribution in [0.1, 0.15) is 23.1 Å². The fraction of sp³-hybridized carbons (Fsp3) is 0.542. The minimum absolute atomic E-state index is 0.106. The number of rotatable bonds is 4. The maximum absolute atomic E-state index is 13.7. The summed E-state index contributed by atoms with van der Waals surface area (Å²) in [6.45, 7) is 0.539. The van der Waals surface area contributed by atoms with Crippen LogP contribution in [0.5, 0.6) is 5.75 Å². The van der Waals surface area contributed by atoms with Gasteiger partial charge in [0.15, 0.2) is 11.4 Å². The quantitative estimate of drug-likeness (QED) is 0.352. The molecule has 0 aliphatic heterocycles. The Morgan fingerprint density at radius 2 is 1.82 bits per heavy atom. The molecule has 6 atom stereocenters. The van der Waals surface area contributed by atoms with Crippen molar-refractivity contribution in [3.63, 3.8) is 0 Å². The highest BCUT2D eigenvalue weighted by Gasteiger charge is 2.67. The summed E-state index contributed by atoms with van der Waals surface area (Å²) in [5.41, 5.74) is 4.27. The van der Waals surface area contributed by atoms with Crippen LogP contribution >= 0.6 is 0 Å². The molecular weight excluding hydrogens is 442 g/mol. The highest BCUT2D eigenvalue weighted by atomic mass is 16.3. The van der Waals surface area contributed by atoms with Crippen molar-refractivity contribution in [2.45, 2.75) is 37.1 Å². The van der Waals surface area contributed by atoms with Gasteiger partial charge in [0, 0.05) is 24.1 Å². The Bertz CT molecular complexity index is 1110. The van der Waals surface area contributed by atoms with E-state index in [2.05, 4.69) is 0 Å². The molecule has 3 unspecified atom stereocenters. The number of phenolic OH excluding ortho intramolecular Hbond substituents is 1. The molecule has 0 bridgehead atoms. The lowest BCUT2D eigenvalue weighted by molar-refractivity contribution is -0.184. The molecule has 0 heterocycles. The van der Waals surface area contributed by atoms with Crippen molar-refractivity contribution in [2.24, 2.45) is 23.5 Å². The maximum atomic E-state index is 13.7. The number of amides is 1. The van der Waals surface area contributed by atoms with E-state index in [4.69, 9.17) is 5.73 Å². The first-order valence-electron chi connectivity index (χ1n) is 11.2. The third kappa shape index (κ3) is 3.28. The first kappa shape index (κ1) is 24.3. The van der Waals surface area contributed by atoms with E-state index in [1.54, 1.807) is 25.1 Å². The second-order valence-corrected chi connectivity index (χ2v) is 10.1. The van der Waals surface area contributed by atoms with E-state index in [9.17, 15) is 34.8 Å². The molecule has 1 amide bonds. The first-order chi connectivity index (χ1) is 15.8. The number of fused-ring (bicyclic) bond motifs is 3. The molecule has 2 fully saturated rings. The van der Waals surface area contributed by atoms with E-state index in [0.29, 0.717) is 18.5 Å². The predicted molar refractivity (Wildman–Crippen MR) is 121 cm³/mol. The highest BCUT2D eigenvalue weighted by molar-refractivity contribution is 6.25. The van der Waals surface area contributed by atoms with Crippen molar-refractivity contribution in [3.05, 3.63) is 34.4 Å². The van der Waals surface area contributed by atoms with E-state index in [1.807, 2.05) is 19.0 Å². The predicted octanol–water partition coefficient (Wildman–Crippen LogP) is -0.809. The number of carbonyl (C=O) groups is 3. The van der Waals surface area contributed by atoms with Gasteiger partial charge in [0.05, 0.1) is 11.7 Å². The standard InChI is InChI=1S/C24H31N3O7/c1-26(2)9-10-5-6-14(28)16-12(10)7-11-8-13-18(27(3)4)20(30)17(23(25)33)22(32)24(13,34)21(31)15(11)19(16)29/h5-6,11,13,17-18,20,28-30,34H,7-9H2,1-4H3,(H2,25,33)/t11-,13-,17?,18?,20?,24-/m1/s1. The summed E-state index contributed by atoms with van der Waals surface area (Å²) in [7, 11) is 7.02. The number of aliphatic hydroxyl groups excluding tert-OH is 2. The number of nitrogens with zero attached hydrogens (tertiary/aromatic N) is 2. The highest BCUT2D eigenvalue weighted by Crippen LogP contribution is 2.52. The van der Waals surface area contributed by atoms with Crippen molar-refractivity contribution >= 4 is 23.2 Å². The van der Waals surface area contributed by atoms with Crippen molar-refractivity contribution < 1.29 is 34.8 Å². The summed E-state index contributed by atoms with van der Waals surface area (Å²) in [6.07, 6.45) is -1.09. The molecular formula is C24H31N3O7. The van der Waals surface area contributed by atoms with Crippen LogP contribution in [-0.2, 0) is 27.3 Å². The summed E-state index contributed by atoms with van der Waals surface area (Å²) in [5.74, 6) is -7.34. The van der Waals surface area contributed by atoms with Crippen LogP contribution in [0.2, 0.25) is 0 Å². The summed E-state index contributed by atoms with van der Waals surface area (Å²) < 4.78 is 0. The van der Waals surface area contributed by atoms with Crippen LogP contribution in [0.3, 0.4) is 0 Å². The number of aromatic hydroxyl groups is 1. The van der Waals surface area contributed by atoms with E-state index < -0.39 is 58.7 Å². The Balaban J connectivity index is 1.91. The van der Waals surface area contributed by atoms with E-state index in [0.717, 1.165) is 5.56 Å². The molecule has 1 aromatic carbocycles. The lowest BCUT2D eigenvalue weighted by atomic mass is 9.54. The molecule has 1 aromatic rings. The molecule has 10 heteroatoms. The fourth-order valence-corrected chi connectivity index (χ4v) is 6.16. The van der Waals surface area contributed by atoms with Gasteiger partial charge in [-0.25, -0.2) is 0 Å². The molecule has 6 N–H and O–H groups in total. The zero-order valence-electron chi connectivity index (χ0n) is 19.6. The van der Waals surface area contributed by atoms with Gasteiger partial charge in [-0.2, -0.15) is 0 Å². The normalized spacial score (nSPS) is 33.1. The Kier molecular flexibility index (Phi) is 5.84. The van der Waals surface area contributed by atoms with E-state index >= 15 is 0 Å². The molecule has 0 radical (unpaired) electrons. The second kappa shape index (κ2) is 8.16. The largest absolute Gasteiger partial charge is 0.507 e. The van der Waals surface area contributed by atoms with Gasteiger partial charge in [-0.15, -0.1) is 0 Å². The molecule has 4 rings (SSSR count). The molecule has 2 saturated carbocycles. The second-order valence-electron chi connectivity index (χ2n) is 10.1. The lowest BCUT2D eigenvalue weighted by Crippen LogP contribution is -2.73. The van der Waals surface area contributed by atoms with Gasteiger partial charge in [-0.3, -0.25) is 14.4 Å². The lowest BCUT2D eigenvalue weighted by Gasteiger charge is -2.53. The molecule has 0 aromatic heterocycles. The van der Waals surface area contributed by atoms with Crippen LogP contribution in [0, 0.1) is 17.8 Å². The molecule has 10 nitrogen and oxygen atoms in total. The number of phenols is 1. The Hall–Kier alpha value is -2.79. The zero-order valence-corrected chi connectivity index (χ0v) is 19.6. The van der Waals surface area contributed by atoms with Gasteiger partial charge in [0.25, 0.3) is 0 Å². The van der Waals surface area contributed by atoms with Crippen molar-refractivity contribution in [3.8, 4) is 5.75 Å². The topological polar surface area (TPSA) is 165 Å². The van der Waals surface area contributed by atoms with Gasteiger partial charge < -0.3 is 36.0 Å². The number of ketones is 2. The fourth-order valence-electron chi connectivity index (χ4n) is 6.16. The summed E-state index contributed by atoms with van der Waals surface area (Å²) in [6, 6.07) is 2.30. The number of carbonyl (C=O) groups excluding carboxylic acids is 3. The number of hydrogen-bond donors (Lipinski definition) is 5. The molecule has 34 heavy (non-hydrogen) atoms. The van der Waals surface area contributed by atoms with Gasteiger partial charge in [0.1, 0.15) is 17.4 Å². The molecule has 184 valence electrons. The third-order valence-electron chi connectivity index (χ3n) is 7.56. The van der Waals surface area contributed by atoms with E-state index in [-0.39, 0.29) is 23.3 Å². The van der Waals surface area contributed by atoms with Crippen LogP contribution < -0.4 is 5.73 Å². The minimum atomic E-state index is -2.64. The summed E-state index contributed by atoms with van der Waals surface area (Å²) in [5, 5.41) is 44.1. The van der Waals surface area contributed by atoms with Gasteiger partial charge in [-0.05, 0) is 64.1 Å². The number of hydrogen-bond acceptors (Lipinski definition) is 9. The average molecular weight is 474 g/mol. The Labute approximate surface area is 197 Å². The van der Waals surface area contributed by atoms with Gasteiger partial charge >= 0.3 is 0 Å². The van der Waals surface area contributed by atoms with Gasteiger partial charge in [-0.1, -0.05) is 6.07 Å². The van der Waals surface area contributed by atoms with Gasteiger partial charge in [0.2, 0.25) is 11.7 Å². The van der Waals surface area contributed by atoms with Crippen molar-refractivity contribution in [2.75, 3.05) is 28.2 Å². The smallest absolute Gasteiger partial charge is 0.230 e. The Morgan fingerprint density at radius 3 is 2.38 bits per heavy atom.